The molecule has 2 atom stereocenters. The van der Waals surface area contributed by atoms with Gasteiger partial charge >= 0.3 is 6.18 Å². The highest BCUT2D eigenvalue weighted by Gasteiger charge is 2.46. The fraction of sp³-hybridized carbons (Fsp3) is 0.647. The molecule has 0 radical (unpaired) electrons. The number of alkyl halides is 5. The van der Waals surface area contributed by atoms with Crippen molar-refractivity contribution in [1.29, 1.82) is 0 Å². The van der Waals surface area contributed by atoms with Gasteiger partial charge in [-0.1, -0.05) is 29.8 Å². The molecule has 2 rings (SSSR count). The van der Waals surface area contributed by atoms with Gasteiger partial charge in [0.2, 0.25) is 5.92 Å². The van der Waals surface area contributed by atoms with Crippen LogP contribution in [-0.2, 0) is 6.18 Å². The molecule has 24 heavy (non-hydrogen) atoms. The second kappa shape index (κ2) is 6.46. The zero-order chi connectivity index (χ0) is 18.3. The van der Waals surface area contributed by atoms with Gasteiger partial charge in [-0.2, -0.15) is 13.2 Å². The minimum absolute atomic E-state index is 0.154. The Labute approximate surface area is 147 Å². The molecule has 0 spiro atoms. The lowest BCUT2D eigenvalue weighted by molar-refractivity contribution is -0.137. The number of hydrogen-bond donors (Lipinski definition) is 1. The number of halogens is 6. The van der Waals surface area contributed by atoms with Crippen LogP contribution in [0.5, 0.6) is 0 Å². The van der Waals surface area contributed by atoms with Crippen molar-refractivity contribution in [3.63, 3.8) is 0 Å². The van der Waals surface area contributed by atoms with Crippen molar-refractivity contribution in [3.05, 3.63) is 28.2 Å². The van der Waals surface area contributed by atoms with E-state index < -0.39 is 23.1 Å². The lowest BCUT2D eigenvalue weighted by Crippen LogP contribution is -2.42. The van der Waals surface area contributed by atoms with Gasteiger partial charge in [0, 0.05) is 29.0 Å². The van der Waals surface area contributed by atoms with Gasteiger partial charge in [0.15, 0.2) is 0 Å². The van der Waals surface area contributed by atoms with Crippen molar-refractivity contribution in [2.24, 2.45) is 11.3 Å². The van der Waals surface area contributed by atoms with E-state index in [0.29, 0.717) is 10.9 Å². The van der Waals surface area contributed by atoms with Crippen molar-refractivity contribution in [1.82, 2.24) is 0 Å². The van der Waals surface area contributed by atoms with Gasteiger partial charge in [-0.15, -0.1) is 0 Å². The average Bonchev–Trinajstić information content (AvgIpc) is 2.33. The number of rotatable bonds is 3. The van der Waals surface area contributed by atoms with Crippen molar-refractivity contribution >= 4 is 21.6 Å². The number of anilines is 1. The van der Waals surface area contributed by atoms with Crippen LogP contribution < -0.4 is 5.32 Å². The number of hydrogen-bond acceptors (Lipinski definition) is 1. The van der Waals surface area contributed by atoms with Crippen LogP contribution >= 0.6 is 15.9 Å². The zero-order valence-corrected chi connectivity index (χ0v) is 15.4. The maximum atomic E-state index is 13.9. The van der Waals surface area contributed by atoms with Crippen LogP contribution in [0.2, 0.25) is 0 Å². The van der Waals surface area contributed by atoms with Crippen LogP contribution in [-0.4, -0.2) is 12.0 Å². The molecule has 0 saturated heterocycles. The minimum atomic E-state index is -4.46. The molecule has 136 valence electrons. The SMILES string of the molecule is CC(Nc1cc(Br)cc(C(F)(F)F)c1)C1CC(C)(C)CC(F)(F)C1. The number of benzene rings is 1. The topological polar surface area (TPSA) is 12.0 Å². The molecule has 1 nitrogen and oxygen atoms in total. The third-order valence-electron chi connectivity index (χ3n) is 4.44. The fourth-order valence-electron chi connectivity index (χ4n) is 3.58. The third-order valence-corrected chi connectivity index (χ3v) is 4.90. The van der Waals surface area contributed by atoms with Crippen molar-refractivity contribution in [2.75, 3.05) is 5.32 Å². The van der Waals surface area contributed by atoms with Gasteiger partial charge in [0.1, 0.15) is 0 Å². The van der Waals surface area contributed by atoms with E-state index in [9.17, 15) is 22.0 Å². The van der Waals surface area contributed by atoms with Crippen LogP contribution in [0.1, 0.15) is 45.6 Å². The fourth-order valence-corrected chi connectivity index (χ4v) is 4.07. The van der Waals surface area contributed by atoms with Gasteiger partial charge in [-0.25, -0.2) is 8.78 Å². The van der Waals surface area contributed by atoms with Crippen LogP contribution in [0.4, 0.5) is 27.6 Å². The molecule has 2 unspecified atom stereocenters. The first-order valence-corrected chi connectivity index (χ1v) is 8.59. The molecule has 1 aromatic carbocycles. The van der Waals surface area contributed by atoms with Gasteiger partial charge < -0.3 is 5.32 Å². The first-order valence-electron chi connectivity index (χ1n) is 7.80. The van der Waals surface area contributed by atoms with E-state index in [2.05, 4.69) is 21.2 Å². The Hall–Kier alpha value is -0.850. The van der Waals surface area contributed by atoms with E-state index in [4.69, 9.17) is 0 Å². The highest BCUT2D eigenvalue weighted by atomic mass is 79.9. The summed E-state index contributed by atoms with van der Waals surface area (Å²) in [5.41, 5.74) is -0.992. The van der Waals surface area contributed by atoms with Crippen molar-refractivity contribution in [2.45, 2.75) is 58.2 Å². The third kappa shape index (κ3) is 5.07. The first-order chi connectivity index (χ1) is 10.8. The monoisotopic (exact) mass is 413 g/mol. The van der Waals surface area contributed by atoms with Crippen LogP contribution in [0, 0.1) is 11.3 Å². The summed E-state index contributed by atoms with van der Waals surface area (Å²) >= 11 is 3.07. The molecule has 1 aliphatic rings. The van der Waals surface area contributed by atoms with Gasteiger partial charge in [-0.3, -0.25) is 0 Å². The van der Waals surface area contributed by atoms with E-state index in [1.807, 2.05) is 0 Å². The zero-order valence-electron chi connectivity index (χ0n) is 13.8. The van der Waals surface area contributed by atoms with E-state index in [0.717, 1.165) is 12.1 Å². The number of nitrogens with one attached hydrogen (secondary N) is 1. The quantitative estimate of drug-likeness (QED) is 0.541. The summed E-state index contributed by atoms with van der Waals surface area (Å²) in [5, 5.41) is 2.98. The normalized spacial score (nSPS) is 24.5. The minimum Gasteiger partial charge on any atom is -0.382 e. The first kappa shape index (κ1) is 19.5. The summed E-state index contributed by atoms with van der Waals surface area (Å²) in [4.78, 5) is 0. The second-order valence-corrected chi connectivity index (χ2v) is 8.44. The Morgan fingerprint density at radius 1 is 1.17 bits per heavy atom. The standard InChI is InChI=1S/C17H21BrF5N/c1-10(11-7-15(2,3)9-16(19,20)8-11)24-14-5-12(17(21,22)23)4-13(18)6-14/h4-6,10-11,24H,7-9H2,1-3H3. The summed E-state index contributed by atoms with van der Waals surface area (Å²) in [6.07, 6.45) is -4.25. The van der Waals surface area contributed by atoms with E-state index in [1.54, 1.807) is 20.8 Å². The average molecular weight is 414 g/mol. The van der Waals surface area contributed by atoms with Crippen LogP contribution in [0.25, 0.3) is 0 Å². The molecule has 1 aromatic rings. The van der Waals surface area contributed by atoms with Crippen LogP contribution in [0.15, 0.2) is 22.7 Å². The molecule has 1 aliphatic carbocycles. The molecular weight excluding hydrogens is 393 g/mol. The van der Waals surface area contributed by atoms with Crippen molar-refractivity contribution in [3.8, 4) is 0 Å². The van der Waals surface area contributed by atoms with Gasteiger partial charge in [-0.05, 0) is 42.9 Å². The molecule has 1 fully saturated rings. The smallest absolute Gasteiger partial charge is 0.382 e. The Balaban J connectivity index is 2.17. The lowest BCUT2D eigenvalue weighted by Gasteiger charge is -2.42. The second-order valence-electron chi connectivity index (χ2n) is 7.52. The molecule has 1 N–H and O–H groups in total. The molecular formula is C17H21BrF5N. The molecule has 0 aromatic heterocycles. The Bertz CT molecular complexity index is 581. The summed E-state index contributed by atoms with van der Waals surface area (Å²) in [6, 6.07) is 3.17. The van der Waals surface area contributed by atoms with E-state index in [1.165, 1.54) is 6.07 Å². The predicted molar refractivity (Wildman–Crippen MR) is 88.3 cm³/mol. The molecule has 0 bridgehead atoms. The summed E-state index contributed by atoms with van der Waals surface area (Å²) < 4.78 is 66.9. The molecule has 7 heteroatoms. The summed E-state index contributed by atoms with van der Waals surface area (Å²) in [6.45, 7) is 5.36. The lowest BCUT2D eigenvalue weighted by atomic mass is 9.68. The van der Waals surface area contributed by atoms with Crippen molar-refractivity contribution < 1.29 is 22.0 Å². The van der Waals surface area contributed by atoms with E-state index >= 15 is 0 Å². The molecule has 1 saturated carbocycles. The van der Waals surface area contributed by atoms with E-state index in [-0.39, 0.29) is 30.5 Å². The highest BCUT2D eigenvalue weighted by Crippen LogP contribution is 2.48. The maximum absolute atomic E-state index is 13.9. The predicted octanol–water partition coefficient (Wildman–Crippen LogP) is 6.73. The van der Waals surface area contributed by atoms with Gasteiger partial charge in [0.25, 0.3) is 0 Å². The highest BCUT2D eigenvalue weighted by molar-refractivity contribution is 9.10. The van der Waals surface area contributed by atoms with Crippen LogP contribution in [0.3, 0.4) is 0 Å². The van der Waals surface area contributed by atoms with Gasteiger partial charge in [0.05, 0.1) is 5.56 Å². The summed E-state index contributed by atoms with van der Waals surface area (Å²) in [7, 11) is 0. The largest absolute Gasteiger partial charge is 0.416 e. The Kier molecular flexibility index (Phi) is 5.25. The molecule has 0 heterocycles. The maximum Gasteiger partial charge on any atom is 0.416 e. The Morgan fingerprint density at radius 2 is 1.79 bits per heavy atom. The Morgan fingerprint density at radius 3 is 2.33 bits per heavy atom. The molecule has 0 aliphatic heterocycles. The molecule has 0 amide bonds. The summed E-state index contributed by atoms with van der Waals surface area (Å²) in [5.74, 6) is -3.05.